The number of amides is 2. The van der Waals surface area contributed by atoms with Gasteiger partial charge in [0, 0.05) is 11.8 Å². The highest BCUT2D eigenvalue weighted by Gasteiger charge is 2.08. The van der Waals surface area contributed by atoms with Crippen LogP contribution in [0.3, 0.4) is 0 Å². The number of benzene rings is 2. The molecule has 0 bridgehead atoms. The third-order valence-corrected chi connectivity index (χ3v) is 4.35. The molecule has 0 aliphatic heterocycles. The fraction of sp³-hybridized carbons (Fsp3) is 0.263. The molecular formula is C19H20Cl2N2O3. The van der Waals surface area contributed by atoms with Gasteiger partial charge in [-0.15, -0.1) is 0 Å². The highest BCUT2D eigenvalue weighted by atomic mass is 35.5. The van der Waals surface area contributed by atoms with Crippen molar-refractivity contribution in [2.45, 2.75) is 19.8 Å². The minimum absolute atomic E-state index is 0.0936. The molecule has 2 N–H and O–H groups in total. The molecule has 2 aromatic carbocycles. The molecule has 2 aromatic rings. The van der Waals surface area contributed by atoms with Crippen LogP contribution >= 0.6 is 23.2 Å². The van der Waals surface area contributed by atoms with Gasteiger partial charge in [-0.25, -0.2) is 0 Å². The Morgan fingerprint density at radius 2 is 1.81 bits per heavy atom. The van der Waals surface area contributed by atoms with Crippen molar-refractivity contribution in [3.63, 3.8) is 0 Å². The molecule has 0 aliphatic rings. The first-order valence-corrected chi connectivity index (χ1v) is 8.97. The van der Waals surface area contributed by atoms with Crippen molar-refractivity contribution in [1.82, 2.24) is 5.32 Å². The van der Waals surface area contributed by atoms with Crippen molar-refractivity contribution >= 4 is 40.7 Å². The summed E-state index contributed by atoms with van der Waals surface area (Å²) in [6, 6.07) is 12.4. The van der Waals surface area contributed by atoms with E-state index in [1.54, 1.807) is 18.2 Å². The second kappa shape index (κ2) is 10.0. The van der Waals surface area contributed by atoms with Gasteiger partial charge in [0.15, 0.2) is 0 Å². The minimum Gasteiger partial charge on any atom is -0.493 e. The van der Waals surface area contributed by atoms with Crippen LogP contribution in [0.15, 0.2) is 42.5 Å². The van der Waals surface area contributed by atoms with Gasteiger partial charge in [0.05, 0.1) is 29.6 Å². The Hall–Kier alpha value is -2.24. The lowest BCUT2D eigenvalue weighted by molar-refractivity contribution is -0.124. The highest BCUT2D eigenvalue weighted by Crippen LogP contribution is 2.26. The first kappa shape index (κ1) is 20.1. The molecule has 0 saturated heterocycles. The number of ether oxygens (including phenoxy) is 1. The number of nitrogens with one attached hydrogen (secondary N) is 2. The summed E-state index contributed by atoms with van der Waals surface area (Å²) in [6.45, 7) is 2.09. The van der Waals surface area contributed by atoms with Crippen molar-refractivity contribution in [3.05, 3.63) is 58.1 Å². The van der Waals surface area contributed by atoms with Gasteiger partial charge in [-0.1, -0.05) is 48.3 Å². The number of carbonyl (C=O) groups is 2. The largest absolute Gasteiger partial charge is 0.493 e. The van der Waals surface area contributed by atoms with Crippen LogP contribution in [0.25, 0.3) is 0 Å². The second-order valence-corrected chi connectivity index (χ2v) is 6.32. The molecule has 26 heavy (non-hydrogen) atoms. The predicted molar refractivity (Wildman–Crippen MR) is 104 cm³/mol. The van der Waals surface area contributed by atoms with E-state index in [9.17, 15) is 9.59 Å². The molecule has 0 heterocycles. The van der Waals surface area contributed by atoms with Crippen LogP contribution in [-0.2, 0) is 16.0 Å². The van der Waals surface area contributed by atoms with Gasteiger partial charge in [-0.2, -0.15) is 0 Å². The van der Waals surface area contributed by atoms with Crippen molar-refractivity contribution in [1.29, 1.82) is 0 Å². The molecule has 2 rings (SSSR count). The molecule has 0 aliphatic carbocycles. The predicted octanol–water partition coefficient (Wildman–Crippen LogP) is 4.08. The average molecular weight is 395 g/mol. The van der Waals surface area contributed by atoms with Gasteiger partial charge < -0.3 is 15.4 Å². The first-order valence-electron chi connectivity index (χ1n) is 8.22. The van der Waals surface area contributed by atoms with E-state index < -0.39 is 0 Å². The number of rotatable bonds is 8. The number of carbonyl (C=O) groups excluding carboxylic acids is 2. The zero-order valence-electron chi connectivity index (χ0n) is 14.4. The van der Waals surface area contributed by atoms with Crippen LogP contribution in [0.5, 0.6) is 5.75 Å². The van der Waals surface area contributed by atoms with Gasteiger partial charge in [-0.3, -0.25) is 9.59 Å². The number of hydrogen-bond acceptors (Lipinski definition) is 3. The molecular weight excluding hydrogens is 375 g/mol. The minimum atomic E-state index is -0.274. The molecule has 0 spiro atoms. The fourth-order valence-corrected chi connectivity index (χ4v) is 2.53. The van der Waals surface area contributed by atoms with E-state index in [0.29, 0.717) is 15.8 Å². The average Bonchev–Trinajstić information content (AvgIpc) is 2.63. The second-order valence-electron chi connectivity index (χ2n) is 5.51. The van der Waals surface area contributed by atoms with E-state index in [0.717, 1.165) is 17.7 Å². The summed E-state index contributed by atoms with van der Waals surface area (Å²) in [4.78, 5) is 23.8. The van der Waals surface area contributed by atoms with E-state index in [4.69, 9.17) is 27.9 Å². The molecule has 0 unspecified atom stereocenters. The molecule has 5 nitrogen and oxygen atoms in total. The van der Waals surface area contributed by atoms with Gasteiger partial charge >= 0.3 is 0 Å². The highest BCUT2D eigenvalue weighted by molar-refractivity contribution is 6.42. The van der Waals surface area contributed by atoms with Crippen LogP contribution in [0.4, 0.5) is 5.69 Å². The van der Waals surface area contributed by atoms with Crippen molar-refractivity contribution in [2.75, 3.05) is 18.5 Å². The monoisotopic (exact) mass is 394 g/mol. The van der Waals surface area contributed by atoms with Crippen molar-refractivity contribution < 1.29 is 14.3 Å². The van der Waals surface area contributed by atoms with Crippen LogP contribution in [-0.4, -0.2) is 25.0 Å². The molecule has 0 radical (unpaired) electrons. The summed E-state index contributed by atoms with van der Waals surface area (Å²) in [5.41, 5.74) is 1.81. The smallest absolute Gasteiger partial charge is 0.243 e. The van der Waals surface area contributed by atoms with E-state index in [-0.39, 0.29) is 31.4 Å². The summed E-state index contributed by atoms with van der Waals surface area (Å²) >= 11 is 11.7. The molecule has 0 aromatic heterocycles. The van der Waals surface area contributed by atoms with Gasteiger partial charge in [-0.05, 0) is 30.2 Å². The van der Waals surface area contributed by atoms with Crippen LogP contribution < -0.4 is 15.4 Å². The van der Waals surface area contributed by atoms with E-state index in [1.807, 2.05) is 31.2 Å². The zero-order valence-corrected chi connectivity index (χ0v) is 15.9. The topological polar surface area (TPSA) is 67.4 Å². The maximum Gasteiger partial charge on any atom is 0.243 e. The zero-order chi connectivity index (χ0) is 18.9. The molecule has 0 saturated carbocycles. The number of aryl methyl sites for hydroxylation is 1. The summed E-state index contributed by atoms with van der Waals surface area (Å²) in [5.74, 6) is -0.0187. The Morgan fingerprint density at radius 1 is 1.04 bits per heavy atom. The van der Waals surface area contributed by atoms with Crippen molar-refractivity contribution in [3.8, 4) is 5.75 Å². The summed E-state index contributed by atoms with van der Waals surface area (Å²) in [7, 11) is 0. The summed E-state index contributed by atoms with van der Waals surface area (Å²) in [5, 5.41) is 6.19. The maximum absolute atomic E-state index is 12.0. The Morgan fingerprint density at radius 3 is 2.54 bits per heavy atom. The quantitative estimate of drug-likeness (QED) is 0.708. The number of halogens is 2. The first-order chi connectivity index (χ1) is 12.5. The lowest BCUT2D eigenvalue weighted by Gasteiger charge is -2.11. The summed E-state index contributed by atoms with van der Waals surface area (Å²) in [6.07, 6.45) is 0.938. The molecule has 7 heteroatoms. The van der Waals surface area contributed by atoms with E-state index in [2.05, 4.69) is 10.6 Å². The Kier molecular flexibility index (Phi) is 7.75. The fourth-order valence-electron chi connectivity index (χ4n) is 2.24. The maximum atomic E-state index is 12.0. The number of para-hydroxylation sites is 1. The lowest BCUT2D eigenvalue weighted by atomic mass is 10.1. The van der Waals surface area contributed by atoms with Gasteiger partial charge in [0.25, 0.3) is 0 Å². The van der Waals surface area contributed by atoms with E-state index in [1.165, 1.54) is 0 Å². The normalized spacial score (nSPS) is 10.3. The Labute approximate surface area is 162 Å². The molecule has 0 atom stereocenters. The van der Waals surface area contributed by atoms with Crippen LogP contribution in [0.1, 0.15) is 18.9 Å². The van der Waals surface area contributed by atoms with Crippen LogP contribution in [0.2, 0.25) is 10.0 Å². The summed E-state index contributed by atoms with van der Waals surface area (Å²) < 4.78 is 5.44. The standard InChI is InChI=1S/C19H20Cl2N2O3/c1-2-13-5-3-4-6-17(13)23-19(25)12-22-18(24)9-10-26-14-7-8-15(20)16(21)11-14/h3-8,11H,2,9-10,12H2,1H3,(H,22,24)(H,23,25). The molecule has 2 amide bonds. The van der Waals surface area contributed by atoms with E-state index >= 15 is 0 Å². The Balaban J connectivity index is 1.71. The molecule has 0 fully saturated rings. The van der Waals surface area contributed by atoms with Crippen molar-refractivity contribution in [2.24, 2.45) is 0 Å². The number of anilines is 1. The lowest BCUT2D eigenvalue weighted by Crippen LogP contribution is -2.33. The third-order valence-electron chi connectivity index (χ3n) is 3.61. The van der Waals surface area contributed by atoms with Gasteiger partial charge in [0.1, 0.15) is 5.75 Å². The van der Waals surface area contributed by atoms with Crippen LogP contribution in [0, 0.1) is 0 Å². The SMILES string of the molecule is CCc1ccccc1NC(=O)CNC(=O)CCOc1ccc(Cl)c(Cl)c1. The number of hydrogen-bond donors (Lipinski definition) is 2. The third kappa shape index (κ3) is 6.24. The molecule has 138 valence electrons. The van der Waals surface area contributed by atoms with Gasteiger partial charge in [0.2, 0.25) is 11.8 Å². The Bertz CT molecular complexity index is 781.